The van der Waals surface area contributed by atoms with Crippen molar-refractivity contribution in [2.75, 3.05) is 13.2 Å². The fraction of sp³-hybridized carbons (Fsp3) is 0.387. The van der Waals surface area contributed by atoms with Crippen LogP contribution in [0.1, 0.15) is 61.0 Å². The van der Waals surface area contributed by atoms with Gasteiger partial charge in [-0.1, -0.05) is 42.5 Å². The molecule has 36 heavy (non-hydrogen) atoms. The molecule has 2 N–H and O–H groups in total. The summed E-state index contributed by atoms with van der Waals surface area (Å²) in [4.78, 5) is 4.80. The monoisotopic (exact) mass is 485 g/mol. The van der Waals surface area contributed by atoms with Crippen LogP contribution in [0, 0.1) is 0 Å². The van der Waals surface area contributed by atoms with Gasteiger partial charge in [-0.3, -0.25) is 4.98 Å². The third kappa shape index (κ3) is 9.48. The number of pyridine rings is 1. The second-order valence-corrected chi connectivity index (χ2v) is 9.28. The molecule has 0 radical (unpaired) electrons. The van der Waals surface area contributed by atoms with Crippen molar-refractivity contribution < 1.29 is 9.47 Å². The SMILES string of the molecule is C1=C\CCCCOc2ccc(cc2)CNCc2cccc(n2)CNCc2ccc(cc2)OCCCC/1. The van der Waals surface area contributed by atoms with Crippen molar-refractivity contribution in [3.05, 3.63) is 101 Å². The molecule has 0 spiro atoms. The summed E-state index contributed by atoms with van der Waals surface area (Å²) < 4.78 is 11.8. The van der Waals surface area contributed by atoms with Gasteiger partial charge in [-0.2, -0.15) is 0 Å². The Morgan fingerprint density at radius 1 is 0.528 bits per heavy atom. The van der Waals surface area contributed by atoms with Crippen LogP contribution in [0.15, 0.2) is 78.9 Å². The lowest BCUT2D eigenvalue weighted by atomic mass is 10.2. The van der Waals surface area contributed by atoms with Crippen LogP contribution < -0.4 is 20.1 Å². The minimum absolute atomic E-state index is 0.738. The van der Waals surface area contributed by atoms with Crippen LogP contribution >= 0.6 is 0 Å². The molecule has 2 aromatic carbocycles. The lowest BCUT2D eigenvalue weighted by molar-refractivity contribution is 0.306. The van der Waals surface area contributed by atoms with Gasteiger partial charge in [0.2, 0.25) is 0 Å². The van der Waals surface area contributed by atoms with Crippen molar-refractivity contribution in [1.82, 2.24) is 15.6 Å². The minimum Gasteiger partial charge on any atom is -0.494 e. The third-order valence-electron chi connectivity index (χ3n) is 6.22. The zero-order valence-corrected chi connectivity index (χ0v) is 21.3. The second-order valence-electron chi connectivity index (χ2n) is 9.28. The molecule has 0 amide bonds. The Balaban J connectivity index is 1.31. The Morgan fingerprint density at radius 3 is 1.47 bits per heavy atom. The Morgan fingerprint density at radius 2 is 1.00 bits per heavy atom. The van der Waals surface area contributed by atoms with Crippen LogP contribution in [0.4, 0.5) is 0 Å². The number of hydrogen-bond acceptors (Lipinski definition) is 5. The lowest BCUT2D eigenvalue weighted by Gasteiger charge is -2.10. The zero-order chi connectivity index (χ0) is 24.7. The fourth-order valence-electron chi connectivity index (χ4n) is 4.15. The van der Waals surface area contributed by atoms with E-state index in [0.717, 1.165) is 101 Å². The van der Waals surface area contributed by atoms with Gasteiger partial charge in [0.25, 0.3) is 0 Å². The summed E-state index contributed by atoms with van der Waals surface area (Å²) in [5.41, 5.74) is 4.58. The molecular formula is C31H39N3O2. The average Bonchev–Trinajstić information content (AvgIpc) is 2.91. The van der Waals surface area contributed by atoms with Crippen LogP contribution in [0.5, 0.6) is 11.5 Å². The van der Waals surface area contributed by atoms with Crippen molar-refractivity contribution in [3.63, 3.8) is 0 Å². The zero-order valence-electron chi connectivity index (χ0n) is 21.3. The molecule has 7 rings (SSSR count). The smallest absolute Gasteiger partial charge is 0.119 e. The first kappa shape index (κ1) is 25.9. The molecule has 5 nitrogen and oxygen atoms in total. The molecule has 0 aliphatic carbocycles. The topological polar surface area (TPSA) is 55.4 Å². The van der Waals surface area contributed by atoms with E-state index in [4.69, 9.17) is 14.5 Å². The lowest BCUT2D eigenvalue weighted by Crippen LogP contribution is -2.16. The highest BCUT2D eigenvalue weighted by molar-refractivity contribution is 5.28. The molecule has 0 unspecified atom stereocenters. The van der Waals surface area contributed by atoms with Crippen molar-refractivity contribution in [2.45, 2.75) is 64.7 Å². The maximum atomic E-state index is 5.91. The van der Waals surface area contributed by atoms with E-state index >= 15 is 0 Å². The van der Waals surface area contributed by atoms with Gasteiger partial charge in [-0.05, 0) is 86.1 Å². The van der Waals surface area contributed by atoms with E-state index in [1.807, 2.05) is 0 Å². The largest absolute Gasteiger partial charge is 0.494 e. The number of aromatic nitrogens is 1. The number of benzene rings is 2. The summed E-state index contributed by atoms with van der Waals surface area (Å²) in [6.07, 6.45) is 11.3. The molecule has 5 heterocycles. The fourth-order valence-corrected chi connectivity index (χ4v) is 4.15. The molecule has 190 valence electrons. The molecule has 5 heteroatoms. The van der Waals surface area contributed by atoms with E-state index in [9.17, 15) is 0 Å². The predicted octanol–water partition coefficient (Wildman–Crippen LogP) is 6.33. The molecule has 0 atom stereocenters. The number of nitrogens with one attached hydrogen (secondary N) is 2. The van der Waals surface area contributed by atoms with Crippen LogP contribution in [0.25, 0.3) is 0 Å². The van der Waals surface area contributed by atoms with E-state index in [2.05, 4.69) is 89.5 Å². The van der Waals surface area contributed by atoms with Gasteiger partial charge in [0, 0.05) is 26.2 Å². The number of ether oxygens (including phenoxy) is 2. The van der Waals surface area contributed by atoms with E-state index in [0.29, 0.717) is 0 Å². The highest BCUT2D eigenvalue weighted by Gasteiger charge is 2.02. The van der Waals surface area contributed by atoms with Crippen molar-refractivity contribution in [3.8, 4) is 11.5 Å². The summed E-state index contributed by atoms with van der Waals surface area (Å²) in [7, 11) is 0. The normalized spacial score (nSPS) is 17.7. The second kappa shape index (κ2) is 15.1. The first-order valence-corrected chi connectivity index (χ1v) is 13.3. The Kier molecular flexibility index (Phi) is 10.9. The maximum absolute atomic E-state index is 5.91. The Bertz CT molecular complexity index is 967. The van der Waals surface area contributed by atoms with Crippen LogP contribution in [0.3, 0.4) is 0 Å². The van der Waals surface area contributed by atoms with Crippen molar-refractivity contribution in [1.29, 1.82) is 0 Å². The van der Waals surface area contributed by atoms with Crippen LogP contribution in [-0.4, -0.2) is 18.2 Å². The standard InChI is InChI=1S/C31H39N3O2/c1-2-4-6-8-21-36-31-18-14-27(15-19-31)23-33-25-29-11-9-10-28(34-29)24-32-22-26-12-16-30(17-13-26)35-20-7-5-3-1/h1-2,9-19,32-33H,3-8,20-25H2/b2-1-. The summed E-state index contributed by atoms with van der Waals surface area (Å²) in [6, 6.07) is 23.0. The highest BCUT2D eigenvalue weighted by Crippen LogP contribution is 2.15. The van der Waals surface area contributed by atoms with E-state index in [-0.39, 0.29) is 0 Å². The minimum atomic E-state index is 0.738. The van der Waals surface area contributed by atoms with Gasteiger partial charge in [0.15, 0.2) is 0 Å². The van der Waals surface area contributed by atoms with Crippen LogP contribution in [-0.2, 0) is 26.2 Å². The molecule has 3 aromatic rings. The summed E-state index contributed by atoms with van der Waals surface area (Å²) in [5.74, 6) is 1.88. The van der Waals surface area contributed by atoms with E-state index in [1.54, 1.807) is 0 Å². The number of nitrogens with zero attached hydrogens (tertiary/aromatic N) is 1. The molecule has 4 aliphatic heterocycles. The van der Waals surface area contributed by atoms with Crippen LogP contribution in [0.2, 0.25) is 0 Å². The molecule has 0 saturated heterocycles. The third-order valence-corrected chi connectivity index (χ3v) is 6.22. The van der Waals surface area contributed by atoms with Gasteiger partial charge >= 0.3 is 0 Å². The average molecular weight is 486 g/mol. The van der Waals surface area contributed by atoms with E-state index in [1.165, 1.54) is 11.1 Å². The number of allylic oxidation sites excluding steroid dienone is 2. The van der Waals surface area contributed by atoms with Crippen molar-refractivity contribution >= 4 is 0 Å². The molecular weight excluding hydrogens is 446 g/mol. The predicted molar refractivity (Wildman–Crippen MR) is 146 cm³/mol. The van der Waals surface area contributed by atoms with Gasteiger partial charge in [0.05, 0.1) is 24.6 Å². The van der Waals surface area contributed by atoms with Gasteiger partial charge in [-0.15, -0.1) is 0 Å². The number of rotatable bonds is 0. The molecule has 4 aliphatic rings. The Hall–Kier alpha value is -3.15. The van der Waals surface area contributed by atoms with Gasteiger partial charge in [-0.25, -0.2) is 0 Å². The quantitative estimate of drug-likeness (QED) is 0.365. The first-order valence-electron chi connectivity index (χ1n) is 13.3. The Labute approximate surface area is 216 Å². The van der Waals surface area contributed by atoms with Crippen molar-refractivity contribution in [2.24, 2.45) is 0 Å². The molecule has 6 bridgehead atoms. The summed E-state index contributed by atoms with van der Waals surface area (Å²) in [5, 5.41) is 7.00. The van der Waals surface area contributed by atoms with Gasteiger partial charge < -0.3 is 20.1 Å². The molecule has 1 aromatic heterocycles. The summed E-state index contributed by atoms with van der Waals surface area (Å²) >= 11 is 0. The molecule has 0 fully saturated rings. The van der Waals surface area contributed by atoms with Gasteiger partial charge in [0.1, 0.15) is 11.5 Å². The molecule has 0 saturated carbocycles. The van der Waals surface area contributed by atoms with E-state index < -0.39 is 0 Å². The summed E-state index contributed by atoms with van der Waals surface area (Å²) in [6.45, 7) is 4.61. The highest BCUT2D eigenvalue weighted by atomic mass is 16.5. The number of hydrogen-bond donors (Lipinski definition) is 2. The first-order chi connectivity index (χ1) is 17.8. The maximum Gasteiger partial charge on any atom is 0.119 e.